The number of hydrogen-bond acceptors (Lipinski definition) is 6. The lowest BCUT2D eigenvalue weighted by molar-refractivity contribution is -0.195. The van der Waals surface area contributed by atoms with Crippen molar-refractivity contribution >= 4 is 23.9 Å². The van der Waals surface area contributed by atoms with Crippen molar-refractivity contribution in [3.05, 3.63) is 0 Å². The van der Waals surface area contributed by atoms with E-state index in [1.54, 1.807) is 0 Å². The van der Waals surface area contributed by atoms with Crippen molar-refractivity contribution in [1.82, 2.24) is 9.62 Å². The number of urea groups is 1. The Balaban J connectivity index is 2.75. The normalized spacial score (nSPS) is 16.1. The quantitative estimate of drug-likeness (QED) is 0.387. The number of imide groups is 1. The van der Waals surface area contributed by atoms with Gasteiger partial charge in [-0.05, 0) is 20.8 Å². The molecule has 1 fully saturated rings. The van der Waals surface area contributed by atoms with Crippen molar-refractivity contribution in [1.29, 1.82) is 0 Å². The van der Waals surface area contributed by atoms with Gasteiger partial charge in [-0.1, -0.05) is 0 Å². The molecule has 110 valence electrons. The van der Waals surface area contributed by atoms with Crippen LogP contribution in [0, 0.1) is 0 Å². The van der Waals surface area contributed by atoms with E-state index in [4.69, 9.17) is 14.2 Å². The van der Waals surface area contributed by atoms with Crippen molar-refractivity contribution in [2.24, 2.45) is 0 Å². The second-order valence-electron chi connectivity index (χ2n) is 3.67. The molecule has 0 radical (unpaired) electrons. The largest absolute Gasteiger partial charge is 0.375 e. The summed E-state index contributed by atoms with van der Waals surface area (Å²) >= 11 is 1.03. The van der Waals surface area contributed by atoms with Crippen molar-refractivity contribution < 1.29 is 23.8 Å². The monoisotopic (exact) mass is 292 g/mol. The summed E-state index contributed by atoms with van der Waals surface area (Å²) in [6.07, 6.45) is 0. The van der Waals surface area contributed by atoms with Gasteiger partial charge in [0.25, 0.3) is 5.12 Å². The molecule has 19 heavy (non-hydrogen) atoms. The van der Waals surface area contributed by atoms with Crippen LogP contribution in [0.2, 0.25) is 0 Å². The predicted octanol–water partition coefficient (Wildman–Crippen LogP) is 0.950. The molecular formula is C11H20N2O5S. The molecule has 0 saturated carbocycles. The van der Waals surface area contributed by atoms with Crippen LogP contribution in [0.1, 0.15) is 20.8 Å². The molecule has 1 rings (SSSR count). The van der Waals surface area contributed by atoms with E-state index in [2.05, 4.69) is 5.32 Å². The van der Waals surface area contributed by atoms with Crippen LogP contribution in [0.5, 0.6) is 0 Å². The molecule has 3 amide bonds. The zero-order valence-electron chi connectivity index (χ0n) is 11.4. The Hall–Kier alpha value is -0.830. The molecule has 7 nitrogen and oxygen atoms in total. The summed E-state index contributed by atoms with van der Waals surface area (Å²) in [5, 5.41) is 1.10. The molecule has 8 heteroatoms. The molecule has 0 spiro atoms. The minimum absolute atomic E-state index is 0.0163. The molecule has 1 saturated heterocycles. The summed E-state index contributed by atoms with van der Waals surface area (Å²) in [4.78, 5) is 22.7. The fourth-order valence-electron chi connectivity index (χ4n) is 1.54. The minimum Gasteiger partial charge on any atom is -0.375 e. The van der Waals surface area contributed by atoms with Crippen LogP contribution >= 0.6 is 11.9 Å². The number of amides is 3. The first-order chi connectivity index (χ1) is 9.06. The fourth-order valence-corrected chi connectivity index (χ4v) is 2.66. The van der Waals surface area contributed by atoms with Gasteiger partial charge in [0.2, 0.25) is 5.91 Å². The van der Waals surface area contributed by atoms with E-state index in [-0.39, 0.29) is 19.1 Å². The van der Waals surface area contributed by atoms with Crippen molar-refractivity contribution in [2.75, 3.05) is 33.0 Å². The summed E-state index contributed by atoms with van der Waals surface area (Å²) in [6, 6.07) is -0.463. The molecule has 0 aromatic heterocycles. The van der Waals surface area contributed by atoms with Crippen molar-refractivity contribution in [3.8, 4) is 0 Å². The average Bonchev–Trinajstić information content (AvgIpc) is 2.66. The van der Waals surface area contributed by atoms with E-state index in [0.717, 1.165) is 11.9 Å². The molecule has 0 aromatic carbocycles. The maximum Gasteiger partial charge on any atom is 0.334 e. The van der Waals surface area contributed by atoms with Crippen LogP contribution in [-0.2, 0) is 19.0 Å². The Labute approximate surface area is 117 Å². The Morgan fingerprint density at radius 1 is 1.21 bits per heavy atom. The Bertz CT molecular complexity index is 320. The SMILES string of the molecule is CCOCC(OCC)(OCC)SN1CC(=O)NC1=O. The first-order valence-electron chi connectivity index (χ1n) is 6.23. The van der Waals surface area contributed by atoms with E-state index in [1.807, 2.05) is 20.8 Å². The highest BCUT2D eigenvalue weighted by Crippen LogP contribution is 2.33. The van der Waals surface area contributed by atoms with Gasteiger partial charge < -0.3 is 14.2 Å². The number of nitrogens with zero attached hydrogens (tertiary/aromatic N) is 1. The maximum absolute atomic E-state index is 11.6. The standard InChI is InChI=1S/C11H20N2O5S/c1-4-16-8-11(17-5-2,18-6-3)19-13-7-9(14)12-10(13)15/h4-8H2,1-3H3,(H,12,14,15). The van der Waals surface area contributed by atoms with Crippen LogP contribution in [0.4, 0.5) is 4.79 Å². The van der Waals surface area contributed by atoms with Gasteiger partial charge in [0.1, 0.15) is 13.2 Å². The van der Waals surface area contributed by atoms with E-state index in [0.29, 0.717) is 19.8 Å². The average molecular weight is 292 g/mol. The number of carbonyl (C=O) groups is 2. The molecular weight excluding hydrogens is 272 g/mol. The summed E-state index contributed by atoms with van der Waals surface area (Å²) in [5.74, 6) is -0.337. The number of nitrogens with one attached hydrogen (secondary N) is 1. The summed E-state index contributed by atoms with van der Waals surface area (Å²) < 4.78 is 17.8. The number of hydrogen-bond donors (Lipinski definition) is 1. The highest BCUT2D eigenvalue weighted by molar-refractivity contribution is 7.98. The Kier molecular flexibility index (Phi) is 6.56. The van der Waals surface area contributed by atoms with E-state index in [9.17, 15) is 9.59 Å². The van der Waals surface area contributed by atoms with Gasteiger partial charge in [-0.2, -0.15) is 0 Å². The molecule has 0 atom stereocenters. The van der Waals surface area contributed by atoms with Gasteiger partial charge in [-0.15, -0.1) is 0 Å². The first kappa shape index (κ1) is 16.2. The number of ether oxygens (including phenoxy) is 3. The van der Waals surface area contributed by atoms with E-state index < -0.39 is 11.2 Å². The first-order valence-corrected chi connectivity index (χ1v) is 7.00. The fraction of sp³-hybridized carbons (Fsp3) is 0.818. The second kappa shape index (κ2) is 7.68. The highest BCUT2D eigenvalue weighted by Gasteiger charge is 2.40. The van der Waals surface area contributed by atoms with Crippen molar-refractivity contribution in [3.63, 3.8) is 0 Å². The van der Waals surface area contributed by atoms with Crippen LogP contribution in [0.25, 0.3) is 0 Å². The molecule has 0 unspecified atom stereocenters. The lowest BCUT2D eigenvalue weighted by atomic mass is 10.6. The molecule has 1 aliphatic rings. The maximum atomic E-state index is 11.6. The number of carbonyl (C=O) groups excluding carboxylic acids is 2. The van der Waals surface area contributed by atoms with E-state index in [1.165, 1.54) is 4.31 Å². The van der Waals surface area contributed by atoms with Gasteiger partial charge in [0.05, 0.1) is 0 Å². The summed E-state index contributed by atoms with van der Waals surface area (Å²) in [5.41, 5.74) is 0. The topological polar surface area (TPSA) is 77.1 Å². The summed E-state index contributed by atoms with van der Waals surface area (Å²) in [6.45, 7) is 7.00. The molecule has 0 aromatic rings. The third-order valence-corrected chi connectivity index (χ3v) is 3.37. The van der Waals surface area contributed by atoms with Crippen LogP contribution in [0.15, 0.2) is 0 Å². The van der Waals surface area contributed by atoms with Gasteiger partial charge in [0, 0.05) is 31.8 Å². The van der Waals surface area contributed by atoms with Gasteiger partial charge in [-0.25, -0.2) is 4.79 Å². The highest BCUT2D eigenvalue weighted by atomic mass is 32.2. The van der Waals surface area contributed by atoms with Crippen LogP contribution in [0.3, 0.4) is 0 Å². The minimum atomic E-state index is -1.11. The zero-order valence-corrected chi connectivity index (χ0v) is 12.2. The lowest BCUT2D eigenvalue weighted by Gasteiger charge is -2.33. The van der Waals surface area contributed by atoms with Gasteiger partial charge in [0.15, 0.2) is 0 Å². The summed E-state index contributed by atoms with van der Waals surface area (Å²) in [7, 11) is 0. The third-order valence-electron chi connectivity index (χ3n) is 2.22. The van der Waals surface area contributed by atoms with Crippen molar-refractivity contribution in [2.45, 2.75) is 25.9 Å². The lowest BCUT2D eigenvalue weighted by Crippen LogP contribution is -2.42. The predicted molar refractivity (Wildman–Crippen MR) is 70.3 cm³/mol. The zero-order chi connectivity index (χ0) is 14.3. The molecule has 0 bridgehead atoms. The molecule has 0 aliphatic carbocycles. The van der Waals surface area contributed by atoms with Crippen LogP contribution < -0.4 is 5.32 Å². The third kappa shape index (κ3) is 4.64. The van der Waals surface area contributed by atoms with Gasteiger partial charge >= 0.3 is 6.03 Å². The Morgan fingerprint density at radius 3 is 2.26 bits per heavy atom. The van der Waals surface area contributed by atoms with Gasteiger partial charge in [-0.3, -0.25) is 14.4 Å². The Morgan fingerprint density at radius 2 is 1.84 bits per heavy atom. The number of rotatable bonds is 9. The molecule has 1 heterocycles. The van der Waals surface area contributed by atoms with Crippen LogP contribution in [-0.4, -0.2) is 54.3 Å². The molecule has 1 aliphatic heterocycles. The van der Waals surface area contributed by atoms with E-state index >= 15 is 0 Å². The molecule has 1 N–H and O–H groups in total. The smallest absolute Gasteiger partial charge is 0.334 e. The second-order valence-corrected chi connectivity index (χ2v) is 4.91.